The smallest absolute Gasteiger partial charge is 0.274 e. The number of aromatic nitrogens is 3. The fourth-order valence-electron chi connectivity index (χ4n) is 2.21. The zero-order valence-electron chi connectivity index (χ0n) is 13.1. The normalized spacial score (nSPS) is 10.8. The first kappa shape index (κ1) is 17.1. The number of nitro benzene ring substituents is 1. The zero-order chi connectivity index (χ0) is 18.0. The Kier molecular flexibility index (Phi) is 4.81. The number of carbonyl (C=O) groups excluding carboxylic acids is 1. The van der Waals surface area contributed by atoms with Crippen LogP contribution in [0.2, 0.25) is 0 Å². The molecule has 10 heteroatoms. The second-order valence-corrected chi connectivity index (χ2v) is 6.99. The average Bonchev–Trinajstić information content (AvgIpc) is 3.22. The number of carbonyl (C=O) groups is 1. The molecule has 0 aliphatic carbocycles. The van der Waals surface area contributed by atoms with Crippen LogP contribution in [-0.2, 0) is 12.8 Å². The van der Waals surface area contributed by atoms with Gasteiger partial charge in [-0.25, -0.2) is 0 Å². The summed E-state index contributed by atoms with van der Waals surface area (Å²) in [7, 11) is 1.85. The molecule has 2 aromatic heterocycles. The van der Waals surface area contributed by atoms with Crippen LogP contribution in [0.1, 0.15) is 15.9 Å². The van der Waals surface area contributed by atoms with Crippen LogP contribution < -0.4 is 5.73 Å². The summed E-state index contributed by atoms with van der Waals surface area (Å²) in [4.78, 5) is 22.9. The molecule has 3 rings (SSSR count). The third-order valence-corrected chi connectivity index (χ3v) is 5.43. The van der Waals surface area contributed by atoms with Gasteiger partial charge in [-0.05, 0) is 17.5 Å². The number of rotatable bonds is 6. The summed E-state index contributed by atoms with van der Waals surface area (Å²) in [5.74, 6) is 0.374. The SMILES string of the molecule is Cn1c(SCc2ccc(C(N)=O)cc2[N+](=O)[O-])nnc1-c1cccs1. The number of hydrogen-bond donors (Lipinski definition) is 1. The van der Waals surface area contributed by atoms with Crippen molar-refractivity contribution in [1.29, 1.82) is 0 Å². The summed E-state index contributed by atoms with van der Waals surface area (Å²) in [5, 5.41) is 22.2. The number of benzene rings is 1. The molecule has 2 N–H and O–H groups in total. The van der Waals surface area contributed by atoms with Gasteiger partial charge in [0.1, 0.15) is 0 Å². The van der Waals surface area contributed by atoms with Crippen LogP contribution in [0.5, 0.6) is 0 Å². The Morgan fingerprint density at radius 2 is 2.20 bits per heavy atom. The van der Waals surface area contributed by atoms with Crippen molar-refractivity contribution >= 4 is 34.7 Å². The highest BCUT2D eigenvalue weighted by Gasteiger charge is 2.18. The molecule has 0 aliphatic heterocycles. The molecule has 0 radical (unpaired) electrons. The molecule has 0 aliphatic rings. The van der Waals surface area contributed by atoms with Gasteiger partial charge in [0, 0.05) is 30.0 Å². The number of primary amides is 1. The molecule has 0 spiro atoms. The van der Waals surface area contributed by atoms with E-state index < -0.39 is 10.8 Å². The molecule has 1 amide bonds. The summed E-state index contributed by atoms with van der Waals surface area (Å²) >= 11 is 2.90. The summed E-state index contributed by atoms with van der Waals surface area (Å²) in [5.41, 5.74) is 5.64. The lowest BCUT2D eigenvalue weighted by molar-refractivity contribution is -0.385. The van der Waals surface area contributed by atoms with Gasteiger partial charge in [-0.2, -0.15) is 0 Å². The minimum Gasteiger partial charge on any atom is -0.366 e. The van der Waals surface area contributed by atoms with E-state index in [-0.39, 0.29) is 11.3 Å². The summed E-state index contributed by atoms with van der Waals surface area (Å²) in [6.45, 7) is 0. The third kappa shape index (κ3) is 3.54. The number of nitrogens with two attached hydrogens (primary N) is 1. The van der Waals surface area contributed by atoms with Crippen LogP contribution in [0.15, 0.2) is 40.9 Å². The highest BCUT2D eigenvalue weighted by Crippen LogP contribution is 2.30. The van der Waals surface area contributed by atoms with Crippen LogP contribution in [0, 0.1) is 10.1 Å². The molecule has 8 nitrogen and oxygen atoms in total. The first-order chi connectivity index (χ1) is 12.0. The molecular formula is C15H13N5O3S2. The van der Waals surface area contributed by atoms with Crippen molar-refractivity contribution < 1.29 is 9.72 Å². The average molecular weight is 375 g/mol. The third-order valence-electron chi connectivity index (χ3n) is 3.50. The molecule has 0 unspecified atom stereocenters. The Balaban J connectivity index is 1.82. The Hall–Kier alpha value is -2.72. The van der Waals surface area contributed by atoms with Crippen molar-refractivity contribution in [1.82, 2.24) is 14.8 Å². The van der Waals surface area contributed by atoms with E-state index in [2.05, 4.69) is 10.2 Å². The molecule has 2 heterocycles. The Morgan fingerprint density at radius 3 is 2.84 bits per heavy atom. The first-order valence-corrected chi connectivity index (χ1v) is 8.97. The number of hydrogen-bond acceptors (Lipinski definition) is 7. The van der Waals surface area contributed by atoms with Crippen LogP contribution in [-0.4, -0.2) is 25.6 Å². The maximum absolute atomic E-state index is 11.2. The molecule has 0 atom stereocenters. The van der Waals surface area contributed by atoms with Gasteiger partial charge < -0.3 is 10.3 Å². The van der Waals surface area contributed by atoms with Gasteiger partial charge in [0.05, 0.1) is 9.80 Å². The van der Waals surface area contributed by atoms with Crippen molar-refractivity contribution in [3.63, 3.8) is 0 Å². The molecule has 0 fully saturated rings. The predicted molar refractivity (Wildman–Crippen MR) is 95.5 cm³/mol. The van der Waals surface area contributed by atoms with Gasteiger partial charge in [-0.15, -0.1) is 21.5 Å². The van der Waals surface area contributed by atoms with Crippen LogP contribution in [0.3, 0.4) is 0 Å². The topological polar surface area (TPSA) is 117 Å². The molecule has 1 aromatic carbocycles. The largest absolute Gasteiger partial charge is 0.366 e. The Bertz CT molecular complexity index is 937. The molecule has 3 aromatic rings. The van der Waals surface area contributed by atoms with E-state index in [0.717, 1.165) is 10.7 Å². The van der Waals surface area contributed by atoms with Crippen LogP contribution >= 0.6 is 23.1 Å². The van der Waals surface area contributed by atoms with E-state index in [4.69, 9.17) is 5.73 Å². The summed E-state index contributed by atoms with van der Waals surface area (Å²) in [6, 6.07) is 8.12. The zero-order valence-corrected chi connectivity index (χ0v) is 14.7. The van der Waals surface area contributed by atoms with E-state index >= 15 is 0 Å². The quantitative estimate of drug-likeness (QED) is 0.402. The fourth-order valence-corrected chi connectivity index (χ4v) is 3.86. The van der Waals surface area contributed by atoms with Crippen molar-refractivity contribution in [2.24, 2.45) is 12.8 Å². The highest BCUT2D eigenvalue weighted by atomic mass is 32.2. The lowest BCUT2D eigenvalue weighted by atomic mass is 10.1. The second kappa shape index (κ2) is 7.03. The van der Waals surface area contributed by atoms with Gasteiger partial charge in [-0.3, -0.25) is 14.9 Å². The highest BCUT2D eigenvalue weighted by molar-refractivity contribution is 7.98. The number of amides is 1. The standard InChI is InChI=1S/C15H13N5O3S2/c1-19-14(12-3-2-6-24-12)17-18-15(19)25-8-10-5-4-9(13(16)21)7-11(10)20(22)23/h2-7H,8H2,1H3,(H2,16,21). The predicted octanol–water partition coefficient (Wildman–Crippen LogP) is 2.84. The van der Waals surface area contributed by atoms with Crippen molar-refractivity contribution in [2.45, 2.75) is 10.9 Å². The number of nitrogens with zero attached hydrogens (tertiary/aromatic N) is 4. The van der Waals surface area contributed by atoms with E-state index in [1.54, 1.807) is 17.4 Å². The molecule has 0 saturated heterocycles. The Morgan fingerprint density at radius 1 is 1.40 bits per heavy atom. The number of nitro groups is 1. The maximum atomic E-state index is 11.2. The van der Waals surface area contributed by atoms with E-state index in [1.807, 2.05) is 29.1 Å². The second-order valence-electron chi connectivity index (χ2n) is 5.10. The maximum Gasteiger partial charge on any atom is 0.274 e. The minimum absolute atomic E-state index is 0.110. The van der Waals surface area contributed by atoms with Crippen LogP contribution in [0.25, 0.3) is 10.7 Å². The van der Waals surface area contributed by atoms with Gasteiger partial charge >= 0.3 is 0 Å². The molecule has 128 valence electrons. The van der Waals surface area contributed by atoms with E-state index in [0.29, 0.717) is 16.5 Å². The molecule has 0 saturated carbocycles. The van der Waals surface area contributed by atoms with E-state index in [9.17, 15) is 14.9 Å². The van der Waals surface area contributed by atoms with Crippen molar-refractivity contribution in [2.75, 3.05) is 0 Å². The summed E-state index contributed by atoms with van der Waals surface area (Å²) in [6.07, 6.45) is 0. The first-order valence-electron chi connectivity index (χ1n) is 7.10. The van der Waals surface area contributed by atoms with Gasteiger partial charge in [-0.1, -0.05) is 23.9 Å². The lowest BCUT2D eigenvalue weighted by Gasteiger charge is -2.05. The molecule has 0 bridgehead atoms. The van der Waals surface area contributed by atoms with Gasteiger partial charge in [0.2, 0.25) is 5.91 Å². The lowest BCUT2D eigenvalue weighted by Crippen LogP contribution is -2.11. The monoisotopic (exact) mass is 375 g/mol. The van der Waals surface area contributed by atoms with Crippen molar-refractivity contribution in [3.8, 4) is 10.7 Å². The van der Waals surface area contributed by atoms with Crippen molar-refractivity contribution in [3.05, 3.63) is 57.0 Å². The number of thioether (sulfide) groups is 1. The summed E-state index contributed by atoms with van der Waals surface area (Å²) < 4.78 is 1.85. The van der Waals surface area contributed by atoms with Gasteiger partial charge in [0.15, 0.2) is 11.0 Å². The molecule has 25 heavy (non-hydrogen) atoms. The van der Waals surface area contributed by atoms with Gasteiger partial charge in [0.25, 0.3) is 5.69 Å². The fraction of sp³-hybridized carbons (Fsp3) is 0.133. The van der Waals surface area contributed by atoms with Crippen LogP contribution in [0.4, 0.5) is 5.69 Å². The molecular weight excluding hydrogens is 362 g/mol. The number of thiophene rings is 1. The van der Waals surface area contributed by atoms with E-state index in [1.165, 1.54) is 23.9 Å². The minimum atomic E-state index is -0.698. The Labute approximate surface area is 150 Å².